The molecule has 0 aromatic carbocycles. The summed E-state index contributed by atoms with van der Waals surface area (Å²) in [6, 6.07) is -0.388. The summed E-state index contributed by atoms with van der Waals surface area (Å²) in [5, 5.41) is 8.50. The van der Waals surface area contributed by atoms with E-state index in [1.54, 1.807) is 6.92 Å². The number of thiazole rings is 1. The molecule has 0 aliphatic rings. The summed E-state index contributed by atoms with van der Waals surface area (Å²) in [5.41, 5.74) is 0.306. The predicted molar refractivity (Wildman–Crippen MR) is 70.9 cm³/mol. The number of carboxylic acid groups (broad SMARTS) is 1. The van der Waals surface area contributed by atoms with Crippen LogP contribution in [-0.4, -0.2) is 30.5 Å². The first-order valence-corrected chi connectivity index (χ1v) is 7.96. The largest absolute Gasteiger partial charge is 0.481 e. The monoisotopic (exact) mass is 308 g/mol. The lowest BCUT2D eigenvalue weighted by Crippen LogP contribution is -2.32. The molecule has 1 rings (SSSR count). The first-order valence-electron chi connectivity index (χ1n) is 5.66. The van der Waals surface area contributed by atoms with Crippen LogP contribution < -0.4 is 9.60 Å². The minimum absolute atomic E-state index is 0.00256. The van der Waals surface area contributed by atoms with Crippen molar-refractivity contribution in [2.75, 3.05) is 0 Å². The number of carboxylic acids is 1. The molecular formula is C10H16N2O5S2. The van der Waals surface area contributed by atoms with Crippen LogP contribution in [0, 0.1) is 6.92 Å². The maximum atomic E-state index is 12.0. The van der Waals surface area contributed by atoms with Gasteiger partial charge >= 0.3 is 10.8 Å². The van der Waals surface area contributed by atoms with E-state index in [4.69, 9.17) is 5.11 Å². The van der Waals surface area contributed by atoms with Gasteiger partial charge in [0, 0.05) is 18.2 Å². The van der Waals surface area contributed by atoms with Gasteiger partial charge in [-0.1, -0.05) is 11.3 Å². The Morgan fingerprint density at radius 2 is 2.16 bits per heavy atom. The van der Waals surface area contributed by atoms with Crippen molar-refractivity contribution in [2.45, 2.75) is 43.4 Å². The Bertz CT molecular complexity index is 602. The second-order valence-corrected chi connectivity index (χ2v) is 7.13. The van der Waals surface area contributed by atoms with Crippen molar-refractivity contribution in [1.29, 1.82) is 0 Å². The van der Waals surface area contributed by atoms with E-state index < -0.39 is 20.9 Å². The van der Waals surface area contributed by atoms with Crippen LogP contribution in [0.3, 0.4) is 0 Å². The van der Waals surface area contributed by atoms with Crippen molar-refractivity contribution < 1.29 is 18.3 Å². The fourth-order valence-corrected chi connectivity index (χ4v) is 4.18. The molecule has 0 bridgehead atoms. The highest BCUT2D eigenvalue weighted by Crippen LogP contribution is 2.16. The third-order valence-corrected chi connectivity index (χ3v) is 5.60. The molecule has 9 heteroatoms. The van der Waals surface area contributed by atoms with Crippen molar-refractivity contribution in [3.8, 4) is 0 Å². The zero-order valence-electron chi connectivity index (χ0n) is 10.6. The number of hydrogen-bond donors (Lipinski definition) is 3. The topological polar surface area (TPSA) is 116 Å². The van der Waals surface area contributed by atoms with E-state index in [0.717, 1.165) is 0 Å². The fraction of sp³-hybridized carbons (Fsp3) is 0.600. The van der Waals surface area contributed by atoms with Gasteiger partial charge in [0.25, 0.3) is 10.0 Å². The summed E-state index contributed by atoms with van der Waals surface area (Å²) in [5.74, 6) is -0.908. The van der Waals surface area contributed by atoms with E-state index in [2.05, 4.69) is 9.71 Å². The molecule has 7 nitrogen and oxygen atoms in total. The Morgan fingerprint density at radius 1 is 1.53 bits per heavy atom. The average molecular weight is 308 g/mol. The predicted octanol–water partition coefficient (Wildman–Crippen LogP) is 0.667. The first-order chi connectivity index (χ1) is 8.72. The molecule has 3 N–H and O–H groups in total. The van der Waals surface area contributed by atoms with E-state index in [0.29, 0.717) is 29.9 Å². The van der Waals surface area contributed by atoms with Crippen molar-refractivity contribution in [3.05, 3.63) is 15.4 Å². The molecule has 1 atom stereocenters. The van der Waals surface area contributed by atoms with Crippen molar-refractivity contribution in [3.63, 3.8) is 0 Å². The van der Waals surface area contributed by atoms with Gasteiger partial charge in [-0.25, -0.2) is 13.1 Å². The van der Waals surface area contributed by atoms with Crippen LogP contribution in [0.1, 0.15) is 31.9 Å². The minimum atomic E-state index is -3.73. The number of hydrogen-bond acceptors (Lipinski definition) is 5. The molecule has 1 heterocycles. The summed E-state index contributed by atoms with van der Waals surface area (Å²) >= 11 is 0.636. The van der Waals surface area contributed by atoms with E-state index in [1.165, 1.54) is 6.92 Å². The molecule has 0 saturated heterocycles. The summed E-state index contributed by atoms with van der Waals surface area (Å²) < 4.78 is 26.4. The highest BCUT2D eigenvalue weighted by Gasteiger charge is 2.22. The third kappa shape index (κ3) is 4.77. The highest BCUT2D eigenvalue weighted by molar-refractivity contribution is 7.91. The van der Waals surface area contributed by atoms with Crippen LogP contribution in [0.15, 0.2) is 9.00 Å². The standard InChI is InChI=1S/C10H16N2O5S2/c1-6(4-3-5-8(13)14)12-19(16,17)9-7(2)11-10(15)18-9/h6,12H,3-5H2,1-2H3,(H,11,15)(H,13,14). The third-order valence-electron chi connectivity index (χ3n) is 2.41. The number of aryl methyl sites for hydroxylation is 1. The Morgan fingerprint density at radius 3 is 2.63 bits per heavy atom. The second kappa shape index (κ2) is 6.31. The number of rotatable bonds is 7. The number of H-pyrrole nitrogens is 1. The second-order valence-electron chi connectivity index (χ2n) is 4.24. The lowest BCUT2D eigenvalue weighted by molar-refractivity contribution is -0.137. The molecule has 19 heavy (non-hydrogen) atoms. The number of aromatic nitrogens is 1. The first kappa shape index (κ1) is 15.9. The summed E-state index contributed by atoms with van der Waals surface area (Å²) in [6.45, 7) is 3.17. The van der Waals surface area contributed by atoms with Gasteiger partial charge in [-0.3, -0.25) is 9.59 Å². The molecule has 0 fully saturated rings. The molecule has 0 radical (unpaired) electrons. The Labute approximate surface area is 114 Å². The van der Waals surface area contributed by atoms with Gasteiger partial charge in [0.05, 0.1) is 0 Å². The molecule has 108 valence electrons. The maximum absolute atomic E-state index is 12.0. The van der Waals surface area contributed by atoms with Gasteiger partial charge in [0.2, 0.25) is 0 Å². The minimum Gasteiger partial charge on any atom is -0.481 e. The van der Waals surface area contributed by atoms with Crippen LogP contribution in [0.2, 0.25) is 0 Å². The molecule has 0 spiro atoms. The number of carbonyl (C=O) groups is 1. The lowest BCUT2D eigenvalue weighted by Gasteiger charge is -2.12. The normalized spacial score (nSPS) is 13.4. The van der Waals surface area contributed by atoms with Gasteiger partial charge < -0.3 is 10.1 Å². The summed E-state index contributed by atoms with van der Waals surface area (Å²) in [4.78, 5) is 23.4. The molecule has 0 amide bonds. The van der Waals surface area contributed by atoms with Crippen LogP contribution in [0.25, 0.3) is 0 Å². The average Bonchev–Trinajstić information content (AvgIpc) is 2.57. The van der Waals surface area contributed by atoms with Crippen molar-refractivity contribution in [1.82, 2.24) is 9.71 Å². The zero-order chi connectivity index (χ0) is 14.6. The van der Waals surface area contributed by atoms with E-state index in [9.17, 15) is 18.0 Å². The van der Waals surface area contributed by atoms with Crippen LogP contribution in [-0.2, 0) is 14.8 Å². The molecule has 1 unspecified atom stereocenters. The smallest absolute Gasteiger partial charge is 0.305 e. The SMILES string of the molecule is Cc1[nH]c(=O)sc1S(=O)(=O)NC(C)CCCC(=O)O. The van der Waals surface area contributed by atoms with Gasteiger partial charge in [0.15, 0.2) is 4.21 Å². The number of aromatic amines is 1. The Balaban J connectivity index is 2.67. The number of aliphatic carboxylic acids is 1. The van der Waals surface area contributed by atoms with Crippen molar-refractivity contribution in [2.24, 2.45) is 0 Å². The van der Waals surface area contributed by atoms with Gasteiger partial charge in [-0.15, -0.1) is 0 Å². The van der Waals surface area contributed by atoms with Crippen LogP contribution >= 0.6 is 11.3 Å². The summed E-state index contributed by atoms with van der Waals surface area (Å²) in [7, 11) is -3.73. The van der Waals surface area contributed by atoms with E-state index in [1.807, 2.05) is 0 Å². The molecule has 1 aromatic heterocycles. The zero-order valence-corrected chi connectivity index (χ0v) is 12.2. The quantitative estimate of drug-likeness (QED) is 0.684. The maximum Gasteiger partial charge on any atom is 0.305 e. The molecule has 0 aliphatic carbocycles. The molecule has 0 saturated carbocycles. The lowest BCUT2D eigenvalue weighted by atomic mass is 10.1. The Kier molecular flexibility index (Phi) is 5.27. The molecule has 1 aromatic rings. The van der Waals surface area contributed by atoms with Crippen molar-refractivity contribution >= 4 is 27.3 Å². The Hall–Kier alpha value is -1.19. The number of nitrogens with one attached hydrogen (secondary N) is 2. The van der Waals surface area contributed by atoms with Gasteiger partial charge in [-0.05, 0) is 26.7 Å². The summed E-state index contributed by atoms with van der Waals surface area (Å²) in [6.07, 6.45) is 0.813. The van der Waals surface area contributed by atoms with Gasteiger partial charge in [-0.2, -0.15) is 0 Å². The van der Waals surface area contributed by atoms with E-state index >= 15 is 0 Å². The molecule has 0 aliphatic heterocycles. The highest BCUT2D eigenvalue weighted by atomic mass is 32.2. The van der Waals surface area contributed by atoms with E-state index in [-0.39, 0.29) is 16.7 Å². The van der Waals surface area contributed by atoms with Crippen LogP contribution in [0.5, 0.6) is 0 Å². The van der Waals surface area contributed by atoms with Crippen LogP contribution in [0.4, 0.5) is 0 Å². The fourth-order valence-electron chi connectivity index (χ4n) is 1.58. The number of sulfonamides is 1. The van der Waals surface area contributed by atoms with Gasteiger partial charge in [0.1, 0.15) is 0 Å². The molecular weight excluding hydrogens is 292 g/mol.